The van der Waals surface area contributed by atoms with Gasteiger partial charge in [-0.05, 0) is 51.9 Å². The van der Waals surface area contributed by atoms with Gasteiger partial charge in [0.2, 0.25) is 5.91 Å². The fraction of sp³-hybridized carbons (Fsp3) is 0.529. The van der Waals surface area contributed by atoms with E-state index in [1.807, 2.05) is 7.05 Å². The molecule has 1 heterocycles. The molecule has 2 N–H and O–H groups in total. The van der Waals surface area contributed by atoms with E-state index in [1.54, 1.807) is 11.8 Å². The van der Waals surface area contributed by atoms with Gasteiger partial charge in [-0.25, -0.2) is 0 Å². The Balaban J connectivity index is 0.00000338. The molecule has 2 amide bonds. The Morgan fingerprint density at radius 3 is 2.69 bits per heavy atom. The first-order chi connectivity index (χ1) is 12.0. The molecular formula is C17H25ClN4O4. The summed E-state index contributed by atoms with van der Waals surface area (Å²) in [5, 5.41) is 16.8. The van der Waals surface area contributed by atoms with Gasteiger partial charge < -0.3 is 15.5 Å². The maximum atomic E-state index is 12.7. The zero-order valence-corrected chi connectivity index (χ0v) is 15.8. The fourth-order valence-corrected chi connectivity index (χ4v) is 3.04. The number of nitrogens with zero attached hydrogens (tertiary/aromatic N) is 2. The molecule has 0 aromatic heterocycles. The number of benzene rings is 1. The summed E-state index contributed by atoms with van der Waals surface area (Å²) in [5.74, 6) is -0.397. The van der Waals surface area contributed by atoms with Crippen molar-refractivity contribution in [3.05, 3.63) is 39.4 Å². The third kappa shape index (κ3) is 5.15. The number of aryl methyl sites for hydroxylation is 1. The molecule has 1 atom stereocenters. The Morgan fingerprint density at radius 2 is 2.08 bits per heavy atom. The highest BCUT2D eigenvalue weighted by atomic mass is 35.5. The Bertz CT molecular complexity index is 668. The topological polar surface area (TPSA) is 105 Å². The van der Waals surface area contributed by atoms with Crippen LogP contribution in [0.3, 0.4) is 0 Å². The van der Waals surface area contributed by atoms with E-state index in [-0.39, 0.29) is 29.9 Å². The molecule has 1 unspecified atom stereocenters. The fourth-order valence-electron chi connectivity index (χ4n) is 3.04. The Hall–Kier alpha value is -2.19. The standard InChI is InChI=1S/C17H24N4O4.ClH/c1-12-11-13(6-7-14(12)21(24)25)17(23)20-10-3-5-15(20)16(22)19-9-4-8-18-2;/h6-7,11,15,18H,3-5,8-10H2,1-2H3,(H,19,22);1H. The van der Waals surface area contributed by atoms with Crippen LogP contribution in [0.25, 0.3) is 0 Å². The van der Waals surface area contributed by atoms with Crippen molar-refractivity contribution in [2.45, 2.75) is 32.2 Å². The number of nitro groups is 1. The Morgan fingerprint density at radius 1 is 1.35 bits per heavy atom. The van der Waals surface area contributed by atoms with Gasteiger partial charge in [0, 0.05) is 30.3 Å². The second-order valence-electron chi connectivity index (χ2n) is 6.16. The van der Waals surface area contributed by atoms with Gasteiger partial charge in [0.15, 0.2) is 0 Å². The number of nitrogens with one attached hydrogen (secondary N) is 2. The van der Waals surface area contributed by atoms with Crippen molar-refractivity contribution in [3.63, 3.8) is 0 Å². The van der Waals surface area contributed by atoms with E-state index >= 15 is 0 Å². The van der Waals surface area contributed by atoms with Crippen molar-refractivity contribution in [1.82, 2.24) is 15.5 Å². The lowest BCUT2D eigenvalue weighted by Gasteiger charge is -2.24. The first-order valence-corrected chi connectivity index (χ1v) is 8.44. The molecule has 1 aromatic carbocycles. The molecule has 1 aliphatic rings. The van der Waals surface area contributed by atoms with Crippen molar-refractivity contribution in [2.24, 2.45) is 0 Å². The molecule has 2 rings (SSSR count). The van der Waals surface area contributed by atoms with Crippen LogP contribution < -0.4 is 10.6 Å². The minimum Gasteiger partial charge on any atom is -0.354 e. The van der Waals surface area contributed by atoms with E-state index in [0.29, 0.717) is 30.6 Å². The molecule has 0 spiro atoms. The van der Waals surface area contributed by atoms with Gasteiger partial charge in [0.05, 0.1) is 4.92 Å². The molecule has 0 bridgehead atoms. The number of carbonyl (C=O) groups excluding carboxylic acids is 2. The summed E-state index contributed by atoms with van der Waals surface area (Å²) in [5.41, 5.74) is 0.790. The summed E-state index contributed by atoms with van der Waals surface area (Å²) in [4.78, 5) is 37.1. The predicted octanol–water partition coefficient (Wildman–Crippen LogP) is 1.66. The highest BCUT2D eigenvalue weighted by Crippen LogP contribution is 2.23. The molecule has 1 aliphatic heterocycles. The molecule has 1 aromatic rings. The van der Waals surface area contributed by atoms with E-state index < -0.39 is 11.0 Å². The maximum Gasteiger partial charge on any atom is 0.272 e. The lowest BCUT2D eigenvalue weighted by Crippen LogP contribution is -2.46. The second kappa shape index (κ2) is 10.1. The van der Waals surface area contributed by atoms with Gasteiger partial charge in [-0.2, -0.15) is 0 Å². The van der Waals surface area contributed by atoms with E-state index in [1.165, 1.54) is 18.2 Å². The number of carbonyl (C=O) groups is 2. The number of nitro benzene ring substituents is 1. The number of hydrogen-bond acceptors (Lipinski definition) is 5. The molecule has 0 saturated carbocycles. The highest BCUT2D eigenvalue weighted by Gasteiger charge is 2.34. The van der Waals surface area contributed by atoms with Crippen molar-refractivity contribution in [2.75, 3.05) is 26.7 Å². The molecule has 26 heavy (non-hydrogen) atoms. The average molecular weight is 385 g/mol. The van der Waals surface area contributed by atoms with E-state index in [2.05, 4.69) is 10.6 Å². The van der Waals surface area contributed by atoms with Gasteiger partial charge in [-0.1, -0.05) is 0 Å². The van der Waals surface area contributed by atoms with Crippen molar-refractivity contribution >= 4 is 29.9 Å². The van der Waals surface area contributed by atoms with Gasteiger partial charge in [0.1, 0.15) is 6.04 Å². The highest BCUT2D eigenvalue weighted by molar-refractivity contribution is 5.98. The zero-order chi connectivity index (χ0) is 18.4. The maximum absolute atomic E-state index is 12.7. The number of rotatable bonds is 7. The number of likely N-dealkylation sites (tertiary alicyclic amines) is 1. The summed E-state index contributed by atoms with van der Waals surface area (Å²) in [6.07, 6.45) is 2.23. The summed E-state index contributed by atoms with van der Waals surface area (Å²) in [6, 6.07) is 3.83. The van der Waals surface area contributed by atoms with Gasteiger partial charge >= 0.3 is 0 Å². The van der Waals surface area contributed by atoms with Crippen LogP contribution in [0.15, 0.2) is 18.2 Å². The minimum absolute atomic E-state index is 0. The van der Waals surface area contributed by atoms with Crippen LogP contribution in [-0.2, 0) is 4.79 Å². The van der Waals surface area contributed by atoms with Crippen molar-refractivity contribution in [1.29, 1.82) is 0 Å². The number of halogens is 1. The lowest BCUT2D eigenvalue weighted by molar-refractivity contribution is -0.385. The molecule has 8 nitrogen and oxygen atoms in total. The van der Waals surface area contributed by atoms with Gasteiger partial charge in [-0.15, -0.1) is 12.4 Å². The largest absolute Gasteiger partial charge is 0.354 e. The monoisotopic (exact) mass is 384 g/mol. The summed E-state index contributed by atoms with van der Waals surface area (Å²) in [6.45, 7) is 3.50. The van der Waals surface area contributed by atoms with E-state index in [9.17, 15) is 19.7 Å². The molecular weight excluding hydrogens is 360 g/mol. The van der Waals surface area contributed by atoms with Gasteiger partial charge in [-0.3, -0.25) is 19.7 Å². The van der Waals surface area contributed by atoms with Crippen LogP contribution in [0.2, 0.25) is 0 Å². The van der Waals surface area contributed by atoms with Crippen LogP contribution in [0.1, 0.15) is 35.2 Å². The summed E-state index contributed by atoms with van der Waals surface area (Å²) < 4.78 is 0. The second-order valence-corrected chi connectivity index (χ2v) is 6.16. The Kier molecular flexibility index (Phi) is 8.47. The van der Waals surface area contributed by atoms with E-state index in [4.69, 9.17) is 0 Å². The van der Waals surface area contributed by atoms with Crippen LogP contribution in [0.4, 0.5) is 5.69 Å². The minimum atomic E-state index is -0.474. The summed E-state index contributed by atoms with van der Waals surface area (Å²) in [7, 11) is 1.85. The lowest BCUT2D eigenvalue weighted by atomic mass is 10.1. The van der Waals surface area contributed by atoms with Crippen molar-refractivity contribution < 1.29 is 14.5 Å². The normalized spacial score (nSPS) is 16.1. The smallest absolute Gasteiger partial charge is 0.272 e. The van der Waals surface area contributed by atoms with Crippen LogP contribution >= 0.6 is 12.4 Å². The zero-order valence-electron chi connectivity index (χ0n) is 15.0. The molecule has 1 saturated heterocycles. The summed E-state index contributed by atoms with van der Waals surface area (Å²) >= 11 is 0. The number of hydrogen-bond donors (Lipinski definition) is 2. The third-order valence-electron chi connectivity index (χ3n) is 4.36. The molecule has 1 fully saturated rings. The van der Waals surface area contributed by atoms with Crippen LogP contribution in [0.5, 0.6) is 0 Å². The van der Waals surface area contributed by atoms with Crippen LogP contribution in [-0.4, -0.2) is 54.4 Å². The van der Waals surface area contributed by atoms with E-state index in [0.717, 1.165) is 19.4 Å². The SMILES string of the molecule is CNCCCNC(=O)C1CCCN1C(=O)c1ccc([N+](=O)[O-])c(C)c1.Cl. The van der Waals surface area contributed by atoms with Crippen LogP contribution in [0, 0.1) is 17.0 Å². The first kappa shape index (κ1) is 21.9. The average Bonchev–Trinajstić information content (AvgIpc) is 3.07. The quantitative estimate of drug-likeness (QED) is 0.422. The third-order valence-corrected chi connectivity index (χ3v) is 4.36. The van der Waals surface area contributed by atoms with Crippen molar-refractivity contribution in [3.8, 4) is 0 Å². The number of amides is 2. The Labute approximate surface area is 158 Å². The first-order valence-electron chi connectivity index (χ1n) is 8.44. The molecule has 0 radical (unpaired) electrons. The predicted molar refractivity (Wildman–Crippen MR) is 101 cm³/mol. The van der Waals surface area contributed by atoms with Gasteiger partial charge in [0.25, 0.3) is 11.6 Å². The molecule has 0 aliphatic carbocycles. The molecule has 9 heteroatoms. The molecule has 144 valence electrons.